The van der Waals surface area contributed by atoms with Gasteiger partial charge in [0.25, 0.3) is 0 Å². The fraction of sp³-hybridized carbons (Fsp3) is 0.464. The lowest BCUT2D eigenvalue weighted by Crippen LogP contribution is -2.37. The van der Waals surface area contributed by atoms with Gasteiger partial charge in [-0.2, -0.15) is 0 Å². The van der Waals surface area contributed by atoms with E-state index in [-0.39, 0.29) is 12.7 Å². The second-order valence-corrected chi connectivity index (χ2v) is 10.0. The van der Waals surface area contributed by atoms with Crippen molar-refractivity contribution in [3.63, 3.8) is 0 Å². The second kappa shape index (κ2) is 10.0. The molecule has 1 N–H and O–H groups in total. The first-order valence-electron chi connectivity index (χ1n) is 12.1. The number of aliphatic hydroxyl groups is 1. The molecule has 2 aromatic carbocycles. The van der Waals surface area contributed by atoms with Gasteiger partial charge in [0.15, 0.2) is 0 Å². The highest BCUT2D eigenvalue weighted by Crippen LogP contribution is 2.33. The fourth-order valence-corrected chi connectivity index (χ4v) is 4.82. The maximum absolute atomic E-state index is 12.9. The molecule has 0 atom stereocenters. The van der Waals surface area contributed by atoms with E-state index in [9.17, 15) is 9.90 Å². The number of aryl methyl sites for hydroxylation is 2. The first kappa shape index (κ1) is 23.4. The Morgan fingerprint density at radius 3 is 2.55 bits per heavy atom. The Labute approximate surface area is 197 Å². The molecule has 0 bridgehead atoms. The van der Waals surface area contributed by atoms with Gasteiger partial charge in [0.2, 0.25) is 0 Å². The Hall–Kier alpha value is -2.79. The Balaban J connectivity index is 1.53. The smallest absolute Gasteiger partial charge is 0.410 e. The lowest BCUT2D eigenvalue weighted by Gasteiger charge is -2.28. The minimum atomic E-state index is -0.522. The summed E-state index contributed by atoms with van der Waals surface area (Å²) in [6.45, 7) is 7.82. The van der Waals surface area contributed by atoms with E-state index < -0.39 is 5.60 Å². The molecule has 0 radical (unpaired) electrons. The fourth-order valence-electron chi connectivity index (χ4n) is 4.82. The average molecular weight is 449 g/mol. The Bertz CT molecular complexity index is 1100. The largest absolute Gasteiger partial charge is 0.444 e. The first-order valence-corrected chi connectivity index (χ1v) is 12.1. The number of aliphatic hydroxyl groups excluding tert-OH is 1. The van der Waals surface area contributed by atoms with Crippen LogP contribution in [-0.2, 0) is 37.3 Å². The molecule has 5 heteroatoms. The number of benzene rings is 2. The van der Waals surface area contributed by atoms with Crippen LogP contribution in [0.15, 0.2) is 48.5 Å². The molecule has 33 heavy (non-hydrogen) atoms. The molecule has 1 aromatic heterocycles. The van der Waals surface area contributed by atoms with Crippen LogP contribution in [0.3, 0.4) is 0 Å². The van der Waals surface area contributed by atoms with Gasteiger partial charge in [-0.1, -0.05) is 36.4 Å². The number of hydrogen-bond acceptors (Lipinski definition) is 3. The molecule has 4 rings (SSSR count). The third-order valence-electron chi connectivity index (χ3n) is 6.30. The highest BCUT2D eigenvalue weighted by Gasteiger charge is 2.23. The van der Waals surface area contributed by atoms with Crippen LogP contribution in [0.1, 0.15) is 62.4 Å². The molecule has 5 nitrogen and oxygen atoms in total. The number of amides is 1. The lowest BCUT2D eigenvalue weighted by molar-refractivity contribution is 0.0229. The van der Waals surface area contributed by atoms with Crippen molar-refractivity contribution in [2.24, 2.45) is 0 Å². The van der Waals surface area contributed by atoms with Crippen molar-refractivity contribution in [3.8, 4) is 0 Å². The highest BCUT2D eigenvalue weighted by atomic mass is 16.6. The molecule has 0 aliphatic heterocycles. The molecule has 176 valence electrons. The summed E-state index contributed by atoms with van der Waals surface area (Å²) in [6, 6.07) is 16.4. The van der Waals surface area contributed by atoms with Gasteiger partial charge in [0.1, 0.15) is 5.60 Å². The Kier molecular flexibility index (Phi) is 7.08. The van der Waals surface area contributed by atoms with Gasteiger partial charge in [0, 0.05) is 36.2 Å². The van der Waals surface area contributed by atoms with Gasteiger partial charge in [-0.25, -0.2) is 4.79 Å². The van der Waals surface area contributed by atoms with Crippen molar-refractivity contribution in [1.29, 1.82) is 0 Å². The van der Waals surface area contributed by atoms with E-state index in [1.54, 1.807) is 0 Å². The highest BCUT2D eigenvalue weighted by molar-refractivity contribution is 5.86. The molecule has 0 unspecified atom stereocenters. The Morgan fingerprint density at radius 1 is 1.06 bits per heavy atom. The topological polar surface area (TPSA) is 54.7 Å². The maximum atomic E-state index is 12.9. The maximum Gasteiger partial charge on any atom is 0.410 e. The Morgan fingerprint density at radius 2 is 1.82 bits per heavy atom. The molecular formula is C28H36N2O3. The van der Waals surface area contributed by atoms with E-state index in [1.807, 2.05) is 62.1 Å². The molecule has 3 aromatic rings. The van der Waals surface area contributed by atoms with Crippen LogP contribution >= 0.6 is 0 Å². The number of nitrogens with zero attached hydrogens (tertiary/aromatic N) is 2. The monoisotopic (exact) mass is 448 g/mol. The number of carbonyl (C=O) groups excluding carboxylic acids is 1. The third-order valence-corrected chi connectivity index (χ3v) is 6.30. The van der Waals surface area contributed by atoms with E-state index >= 15 is 0 Å². The molecule has 0 saturated heterocycles. The quantitative estimate of drug-likeness (QED) is 0.494. The second-order valence-electron chi connectivity index (χ2n) is 10.0. The van der Waals surface area contributed by atoms with Crippen molar-refractivity contribution >= 4 is 17.0 Å². The van der Waals surface area contributed by atoms with Crippen LogP contribution < -0.4 is 0 Å². The van der Waals surface area contributed by atoms with Gasteiger partial charge >= 0.3 is 6.09 Å². The summed E-state index contributed by atoms with van der Waals surface area (Å²) in [5.41, 5.74) is 5.66. The van der Waals surface area contributed by atoms with Gasteiger partial charge in [0.05, 0.1) is 6.61 Å². The van der Waals surface area contributed by atoms with Crippen LogP contribution in [-0.4, -0.2) is 32.8 Å². The summed E-state index contributed by atoms with van der Waals surface area (Å²) in [6.07, 6.45) is 5.22. The predicted molar refractivity (Wildman–Crippen MR) is 132 cm³/mol. The molecule has 1 aliphatic carbocycles. The van der Waals surface area contributed by atoms with Gasteiger partial charge in [-0.3, -0.25) is 0 Å². The average Bonchev–Trinajstić information content (AvgIpc) is 3.11. The van der Waals surface area contributed by atoms with E-state index in [4.69, 9.17) is 4.74 Å². The standard InChI is InChI=1S/C28H36N2O3/c1-28(2,3)33-27(32)29(19-21-10-5-4-6-11-21)16-9-17-30-25-13-8-7-12-23(25)24-18-22(20-31)14-15-26(24)30/h4-6,10-11,14-15,18,31H,7-9,12-13,16-17,19-20H2,1-3H3. The summed E-state index contributed by atoms with van der Waals surface area (Å²) in [4.78, 5) is 14.8. The number of hydrogen-bond donors (Lipinski definition) is 1. The number of ether oxygens (including phenoxy) is 1. The number of aromatic nitrogens is 1. The SMILES string of the molecule is CC(C)(C)OC(=O)N(CCCn1c2c(c3cc(CO)ccc31)CCCC2)Cc1ccccc1. The van der Waals surface area contributed by atoms with Gasteiger partial charge in [-0.15, -0.1) is 0 Å². The molecule has 1 aliphatic rings. The van der Waals surface area contributed by atoms with Crippen molar-refractivity contribution in [2.45, 2.75) is 78.2 Å². The van der Waals surface area contributed by atoms with Gasteiger partial charge < -0.3 is 19.3 Å². The summed E-state index contributed by atoms with van der Waals surface area (Å²) in [5, 5.41) is 10.9. The third kappa shape index (κ3) is 5.59. The van der Waals surface area contributed by atoms with E-state index in [2.05, 4.69) is 16.7 Å². The van der Waals surface area contributed by atoms with E-state index in [0.717, 1.165) is 36.9 Å². The van der Waals surface area contributed by atoms with Gasteiger partial charge in [-0.05, 0) is 81.7 Å². The van der Waals surface area contributed by atoms with Crippen molar-refractivity contribution < 1.29 is 14.6 Å². The van der Waals surface area contributed by atoms with Crippen LogP contribution in [0.5, 0.6) is 0 Å². The minimum Gasteiger partial charge on any atom is -0.444 e. The first-order chi connectivity index (χ1) is 15.9. The molecule has 0 saturated carbocycles. The zero-order chi connectivity index (χ0) is 23.4. The lowest BCUT2D eigenvalue weighted by atomic mass is 9.95. The molecule has 0 spiro atoms. The predicted octanol–water partition coefficient (Wildman–Crippen LogP) is 5.84. The van der Waals surface area contributed by atoms with Crippen LogP contribution in [0, 0.1) is 0 Å². The zero-order valence-electron chi connectivity index (χ0n) is 20.1. The minimum absolute atomic E-state index is 0.0697. The van der Waals surface area contributed by atoms with E-state index in [1.165, 1.54) is 35.0 Å². The zero-order valence-corrected chi connectivity index (χ0v) is 20.1. The van der Waals surface area contributed by atoms with Crippen LogP contribution in [0.4, 0.5) is 4.79 Å². The van der Waals surface area contributed by atoms with Crippen LogP contribution in [0.25, 0.3) is 10.9 Å². The molecule has 1 heterocycles. The summed E-state index contributed by atoms with van der Waals surface area (Å²) in [7, 11) is 0. The number of rotatable bonds is 7. The summed E-state index contributed by atoms with van der Waals surface area (Å²) < 4.78 is 8.15. The van der Waals surface area contributed by atoms with E-state index in [0.29, 0.717) is 13.1 Å². The number of carbonyl (C=O) groups is 1. The van der Waals surface area contributed by atoms with Crippen molar-refractivity contribution in [2.75, 3.05) is 6.54 Å². The molecule has 0 fully saturated rings. The van der Waals surface area contributed by atoms with Crippen molar-refractivity contribution in [1.82, 2.24) is 9.47 Å². The molecule has 1 amide bonds. The normalized spacial score (nSPS) is 13.7. The van der Waals surface area contributed by atoms with Crippen molar-refractivity contribution in [3.05, 3.63) is 70.9 Å². The number of fused-ring (bicyclic) bond motifs is 3. The van der Waals surface area contributed by atoms with Crippen LogP contribution in [0.2, 0.25) is 0 Å². The summed E-state index contributed by atoms with van der Waals surface area (Å²) in [5.74, 6) is 0. The summed E-state index contributed by atoms with van der Waals surface area (Å²) >= 11 is 0. The molecular weight excluding hydrogens is 412 g/mol.